The SMILES string of the molecule is CCC1CCCCCC(CC)CCC(CC)CC1.P. The molecule has 0 aromatic heterocycles. The lowest BCUT2D eigenvalue weighted by molar-refractivity contribution is 0.295. The molecule has 0 amide bonds. The minimum Gasteiger partial charge on any atom is -0.153 e. The molecule has 0 heterocycles. The fraction of sp³-hybridized carbons (Fsp3) is 1.00. The number of hydrogen-bond donors (Lipinski definition) is 0. The highest BCUT2D eigenvalue weighted by atomic mass is 31.0. The molecule has 0 aromatic carbocycles. The third-order valence-corrected chi connectivity index (χ3v) is 5.42. The normalized spacial score (nSPS) is 30.8. The highest BCUT2D eigenvalue weighted by Gasteiger charge is 2.15. The van der Waals surface area contributed by atoms with Gasteiger partial charge < -0.3 is 0 Å². The van der Waals surface area contributed by atoms with E-state index in [9.17, 15) is 0 Å². The lowest BCUT2D eigenvalue weighted by atomic mass is 9.83. The van der Waals surface area contributed by atoms with Gasteiger partial charge in [-0.2, -0.15) is 9.90 Å². The lowest BCUT2D eigenvalue weighted by Crippen LogP contribution is -2.09. The van der Waals surface area contributed by atoms with Gasteiger partial charge in [0.15, 0.2) is 0 Å². The van der Waals surface area contributed by atoms with Gasteiger partial charge >= 0.3 is 0 Å². The Morgan fingerprint density at radius 1 is 0.526 bits per heavy atom. The largest absolute Gasteiger partial charge is 0.153 e. The zero-order chi connectivity index (χ0) is 13.2. The molecule has 1 aliphatic rings. The monoisotopic (exact) mass is 286 g/mol. The summed E-state index contributed by atoms with van der Waals surface area (Å²) in [5.41, 5.74) is 0. The number of hydrogen-bond acceptors (Lipinski definition) is 0. The first-order chi connectivity index (χ1) is 8.80. The van der Waals surface area contributed by atoms with Crippen LogP contribution in [0.15, 0.2) is 0 Å². The topological polar surface area (TPSA) is 0 Å². The molecule has 0 bridgehead atoms. The minimum absolute atomic E-state index is 0. The molecule has 0 spiro atoms. The second kappa shape index (κ2) is 12.2. The predicted octanol–water partition coefficient (Wildman–Crippen LogP) is 6.65. The van der Waals surface area contributed by atoms with Gasteiger partial charge in [-0.05, 0) is 17.8 Å². The maximum absolute atomic E-state index is 2.40. The van der Waals surface area contributed by atoms with E-state index in [-0.39, 0.29) is 9.90 Å². The van der Waals surface area contributed by atoms with Crippen molar-refractivity contribution >= 4 is 9.90 Å². The maximum Gasteiger partial charge on any atom is -0.0417 e. The van der Waals surface area contributed by atoms with Crippen LogP contribution in [0.2, 0.25) is 0 Å². The van der Waals surface area contributed by atoms with E-state index < -0.39 is 0 Å². The van der Waals surface area contributed by atoms with E-state index in [1.807, 2.05) is 0 Å². The Kier molecular flexibility index (Phi) is 12.5. The summed E-state index contributed by atoms with van der Waals surface area (Å²) >= 11 is 0. The van der Waals surface area contributed by atoms with Gasteiger partial charge in [0.25, 0.3) is 0 Å². The predicted molar refractivity (Wildman–Crippen MR) is 94.0 cm³/mol. The molecule has 116 valence electrons. The molecule has 1 rings (SSSR count). The van der Waals surface area contributed by atoms with Crippen LogP contribution in [-0.2, 0) is 0 Å². The average Bonchev–Trinajstić information content (AvgIpc) is 2.40. The van der Waals surface area contributed by atoms with Crippen molar-refractivity contribution in [2.24, 2.45) is 17.8 Å². The summed E-state index contributed by atoms with van der Waals surface area (Å²) < 4.78 is 0. The van der Waals surface area contributed by atoms with Crippen LogP contribution in [0, 0.1) is 17.8 Å². The highest BCUT2D eigenvalue weighted by Crippen LogP contribution is 2.30. The van der Waals surface area contributed by atoms with Crippen molar-refractivity contribution < 1.29 is 0 Å². The Bertz CT molecular complexity index is 172. The van der Waals surface area contributed by atoms with Gasteiger partial charge in [0.05, 0.1) is 0 Å². The van der Waals surface area contributed by atoms with Gasteiger partial charge in [0.2, 0.25) is 0 Å². The van der Waals surface area contributed by atoms with Gasteiger partial charge in [0.1, 0.15) is 0 Å². The fourth-order valence-corrected chi connectivity index (χ4v) is 3.64. The van der Waals surface area contributed by atoms with Crippen molar-refractivity contribution in [1.29, 1.82) is 0 Å². The summed E-state index contributed by atoms with van der Waals surface area (Å²) in [5.74, 6) is 3.08. The zero-order valence-electron chi connectivity index (χ0n) is 13.9. The Morgan fingerprint density at radius 2 is 0.842 bits per heavy atom. The Balaban J connectivity index is 0.00000324. The summed E-state index contributed by atoms with van der Waals surface area (Å²) in [7, 11) is 0. The first kappa shape index (κ1) is 19.4. The molecular weight excluding hydrogens is 247 g/mol. The molecule has 1 saturated carbocycles. The second-order valence-electron chi connectivity index (χ2n) is 6.62. The highest BCUT2D eigenvalue weighted by molar-refractivity contribution is 6.92. The maximum atomic E-state index is 2.40. The van der Waals surface area contributed by atoms with Crippen LogP contribution in [-0.4, -0.2) is 0 Å². The van der Waals surface area contributed by atoms with Gasteiger partial charge in [-0.15, -0.1) is 0 Å². The summed E-state index contributed by atoms with van der Waals surface area (Å²) in [4.78, 5) is 0. The van der Waals surface area contributed by atoms with Crippen LogP contribution in [0.25, 0.3) is 0 Å². The quantitative estimate of drug-likeness (QED) is 0.510. The molecule has 3 atom stereocenters. The standard InChI is InChI=1S/C18H36.H3P/c1-4-16-10-8-7-9-11-17(5-2)13-15-18(6-3)14-12-16;/h16-18H,4-15H2,1-3H3;1H3. The molecule has 0 radical (unpaired) electrons. The van der Waals surface area contributed by atoms with Gasteiger partial charge in [-0.3, -0.25) is 0 Å². The summed E-state index contributed by atoms with van der Waals surface area (Å²) in [6.07, 6.45) is 17.7. The third kappa shape index (κ3) is 8.34. The van der Waals surface area contributed by atoms with Crippen LogP contribution in [0.4, 0.5) is 0 Å². The summed E-state index contributed by atoms with van der Waals surface area (Å²) in [6, 6.07) is 0. The third-order valence-electron chi connectivity index (χ3n) is 5.42. The minimum atomic E-state index is 0. The van der Waals surface area contributed by atoms with E-state index in [4.69, 9.17) is 0 Å². The van der Waals surface area contributed by atoms with Crippen molar-refractivity contribution in [3.63, 3.8) is 0 Å². The van der Waals surface area contributed by atoms with E-state index in [0.29, 0.717) is 0 Å². The van der Waals surface area contributed by atoms with Crippen molar-refractivity contribution in [3.05, 3.63) is 0 Å². The van der Waals surface area contributed by atoms with E-state index in [0.717, 1.165) is 17.8 Å². The smallest absolute Gasteiger partial charge is 0.0417 e. The zero-order valence-corrected chi connectivity index (χ0v) is 15.3. The molecule has 19 heavy (non-hydrogen) atoms. The molecule has 0 nitrogen and oxygen atoms in total. The fourth-order valence-electron chi connectivity index (χ4n) is 3.64. The van der Waals surface area contributed by atoms with Crippen LogP contribution in [0.1, 0.15) is 97.8 Å². The van der Waals surface area contributed by atoms with E-state index in [2.05, 4.69) is 20.8 Å². The number of rotatable bonds is 3. The van der Waals surface area contributed by atoms with E-state index in [1.54, 1.807) is 0 Å². The Hall–Kier alpha value is 0.430. The van der Waals surface area contributed by atoms with Gasteiger partial charge in [0, 0.05) is 0 Å². The first-order valence-corrected chi connectivity index (χ1v) is 8.80. The molecule has 1 fully saturated rings. The molecule has 0 saturated heterocycles. The Labute approximate surface area is 126 Å². The molecule has 0 N–H and O–H groups in total. The molecule has 1 aliphatic carbocycles. The van der Waals surface area contributed by atoms with Crippen LogP contribution >= 0.6 is 9.90 Å². The lowest BCUT2D eigenvalue weighted by Gasteiger charge is -2.23. The summed E-state index contributed by atoms with van der Waals surface area (Å²) in [6.45, 7) is 7.19. The molecular formula is C18H39P. The van der Waals surface area contributed by atoms with Crippen LogP contribution in [0.3, 0.4) is 0 Å². The molecule has 1 heteroatoms. The van der Waals surface area contributed by atoms with Crippen LogP contribution < -0.4 is 0 Å². The van der Waals surface area contributed by atoms with Crippen molar-refractivity contribution in [2.45, 2.75) is 97.8 Å². The van der Waals surface area contributed by atoms with Crippen molar-refractivity contribution in [1.82, 2.24) is 0 Å². The Morgan fingerprint density at radius 3 is 1.16 bits per heavy atom. The average molecular weight is 286 g/mol. The van der Waals surface area contributed by atoms with Crippen LogP contribution in [0.5, 0.6) is 0 Å². The first-order valence-electron chi connectivity index (χ1n) is 8.80. The van der Waals surface area contributed by atoms with E-state index >= 15 is 0 Å². The second-order valence-corrected chi connectivity index (χ2v) is 6.62. The molecule has 0 aliphatic heterocycles. The molecule has 3 unspecified atom stereocenters. The van der Waals surface area contributed by atoms with Crippen molar-refractivity contribution in [2.75, 3.05) is 0 Å². The van der Waals surface area contributed by atoms with Gasteiger partial charge in [-0.25, -0.2) is 0 Å². The summed E-state index contributed by atoms with van der Waals surface area (Å²) in [5, 5.41) is 0. The molecule has 0 aromatic rings. The van der Waals surface area contributed by atoms with E-state index in [1.165, 1.54) is 77.0 Å². The van der Waals surface area contributed by atoms with Crippen molar-refractivity contribution in [3.8, 4) is 0 Å². The van der Waals surface area contributed by atoms with Gasteiger partial charge in [-0.1, -0.05) is 97.8 Å².